The summed E-state index contributed by atoms with van der Waals surface area (Å²) >= 11 is 0. The maximum atomic E-state index is 12.9. The van der Waals surface area contributed by atoms with E-state index in [1.54, 1.807) is 0 Å². The van der Waals surface area contributed by atoms with Crippen LogP contribution in [0, 0.1) is 12.8 Å². The number of benzene rings is 2. The van der Waals surface area contributed by atoms with Crippen molar-refractivity contribution >= 4 is 22.8 Å². The number of H-pyrrole nitrogens is 1. The number of aromatic amines is 1. The number of hydrogen-bond acceptors (Lipinski definition) is 3. The number of rotatable bonds is 7. The number of imidazole rings is 1. The summed E-state index contributed by atoms with van der Waals surface area (Å²) in [7, 11) is 0. The Kier molecular flexibility index (Phi) is 6.32. The number of aryl methyl sites for hydroxylation is 1. The summed E-state index contributed by atoms with van der Waals surface area (Å²) in [5.41, 5.74) is 3.85. The lowest BCUT2D eigenvalue weighted by Crippen LogP contribution is -2.36. The minimum Gasteiger partial charge on any atom is -0.349 e. The summed E-state index contributed by atoms with van der Waals surface area (Å²) in [5.74, 6) is 0.587. The fourth-order valence-corrected chi connectivity index (χ4v) is 3.38. The van der Waals surface area contributed by atoms with Gasteiger partial charge in [0.1, 0.15) is 5.82 Å². The van der Waals surface area contributed by atoms with Gasteiger partial charge in [0.2, 0.25) is 11.8 Å². The van der Waals surface area contributed by atoms with Gasteiger partial charge in [0, 0.05) is 6.92 Å². The molecule has 0 fully saturated rings. The minimum absolute atomic E-state index is 0.136. The minimum atomic E-state index is -0.378. The lowest BCUT2D eigenvalue weighted by atomic mass is 10.00. The highest BCUT2D eigenvalue weighted by molar-refractivity contribution is 5.80. The van der Waals surface area contributed by atoms with Crippen LogP contribution in [0.15, 0.2) is 48.5 Å². The lowest BCUT2D eigenvalue weighted by molar-refractivity contribution is -0.123. The van der Waals surface area contributed by atoms with Crippen molar-refractivity contribution in [3.8, 4) is 0 Å². The predicted molar refractivity (Wildman–Crippen MR) is 114 cm³/mol. The van der Waals surface area contributed by atoms with E-state index >= 15 is 0 Å². The molecule has 0 radical (unpaired) electrons. The Balaban J connectivity index is 1.77. The number of para-hydroxylation sites is 2. The van der Waals surface area contributed by atoms with E-state index in [-0.39, 0.29) is 36.2 Å². The van der Waals surface area contributed by atoms with Crippen LogP contribution >= 0.6 is 0 Å². The summed E-state index contributed by atoms with van der Waals surface area (Å²) in [6.45, 7) is 7.56. The number of amides is 2. The zero-order valence-corrected chi connectivity index (χ0v) is 17.3. The molecule has 6 nitrogen and oxygen atoms in total. The van der Waals surface area contributed by atoms with E-state index in [4.69, 9.17) is 0 Å². The summed E-state index contributed by atoms with van der Waals surface area (Å²) in [5, 5.41) is 5.98. The maximum absolute atomic E-state index is 12.9. The Hall–Kier alpha value is -3.15. The third kappa shape index (κ3) is 5.22. The monoisotopic (exact) mass is 392 g/mol. The first kappa shape index (κ1) is 20.6. The fraction of sp³-hybridized carbons (Fsp3) is 0.348. The maximum Gasteiger partial charge on any atom is 0.223 e. The summed E-state index contributed by atoms with van der Waals surface area (Å²) in [6.07, 6.45) is 0.159. The molecule has 0 saturated heterocycles. The Labute approximate surface area is 171 Å². The zero-order chi connectivity index (χ0) is 21.0. The number of aromatic nitrogens is 2. The first-order valence-electron chi connectivity index (χ1n) is 9.91. The van der Waals surface area contributed by atoms with Gasteiger partial charge in [-0.25, -0.2) is 4.98 Å². The molecular formula is C23H28N4O2. The van der Waals surface area contributed by atoms with Gasteiger partial charge >= 0.3 is 0 Å². The predicted octanol–water partition coefficient (Wildman–Crippen LogP) is 3.95. The van der Waals surface area contributed by atoms with E-state index in [1.165, 1.54) is 6.92 Å². The quantitative estimate of drug-likeness (QED) is 0.569. The van der Waals surface area contributed by atoms with Crippen LogP contribution in [-0.4, -0.2) is 21.8 Å². The smallest absolute Gasteiger partial charge is 0.223 e. The molecule has 3 rings (SSSR count). The molecule has 0 bridgehead atoms. The van der Waals surface area contributed by atoms with Crippen LogP contribution < -0.4 is 10.6 Å². The van der Waals surface area contributed by atoms with Crippen molar-refractivity contribution in [2.75, 3.05) is 0 Å². The van der Waals surface area contributed by atoms with Crippen LogP contribution in [0.5, 0.6) is 0 Å². The number of nitrogens with zero attached hydrogens (tertiary/aromatic N) is 1. The molecule has 3 N–H and O–H groups in total. The van der Waals surface area contributed by atoms with Crippen molar-refractivity contribution in [3.05, 3.63) is 65.5 Å². The SMILES string of the molecule is CC(=O)N[C@H](CC(=O)N[C@H](c1nc2ccccc2[nH]1)C(C)C)c1ccc(C)cc1. The molecule has 29 heavy (non-hydrogen) atoms. The zero-order valence-electron chi connectivity index (χ0n) is 17.3. The molecule has 2 aromatic carbocycles. The van der Waals surface area contributed by atoms with Crippen LogP contribution in [-0.2, 0) is 9.59 Å². The fourth-order valence-electron chi connectivity index (χ4n) is 3.38. The van der Waals surface area contributed by atoms with Gasteiger partial charge < -0.3 is 15.6 Å². The largest absolute Gasteiger partial charge is 0.349 e. The van der Waals surface area contributed by atoms with Gasteiger partial charge in [0.15, 0.2) is 0 Å². The lowest BCUT2D eigenvalue weighted by Gasteiger charge is -2.23. The van der Waals surface area contributed by atoms with Crippen LogP contribution in [0.1, 0.15) is 56.2 Å². The van der Waals surface area contributed by atoms with Crippen LogP contribution in [0.2, 0.25) is 0 Å². The van der Waals surface area contributed by atoms with Gasteiger partial charge in [0.05, 0.1) is 29.5 Å². The molecule has 152 valence electrons. The molecular weight excluding hydrogens is 364 g/mol. The van der Waals surface area contributed by atoms with Crippen LogP contribution in [0.25, 0.3) is 11.0 Å². The van der Waals surface area contributed by atoms with Crippen molar-refractivity contribution < 1.29 is 9.59 Å². The van der Waals surface area contributed by atoms with Crippen molar-refractivity contribution in [1.29, 1.82) is 0 Å². The third-order valence-corrected chi connectivity index (χ3v) is 4.93. The molecule has 1 aromatic heterocycles. The second-order valence-corrected chi connectivity index (χ2v) is 7.80. The average Bonchev–Trinajstić information content (AvgIpc) is 3.09. The van der Waals surface area contributed by atoms with E-state index in [0.29, 0.717) is 0 Å². The molecule has 1 heterocycles. The summed E-state index contributed by atoms with van der Waals surface area (Å²) in [6, 6.07) is 15.0. The van der Waals surface area contributed by atoms with Gasteiger partial charge in [-0.1, -0.05) is 55.8 Å². The van der Waals surface area contributed by atoms with Crippen LogP contribution in [0.4, 0.5) is 0 Å². The molecule has 3 aromatic rings. The summed E-state index contributed by atoms with van der Waals surface area (Å²) in [4.78, 5) is 32.5. The molecule has 2 atom stereocenters. The molecule has 0 aliphatic heterocycles. The standard InChI is InChI=1S/C23H28N4O2/c1-14(2)22(23-25-18-7-5-6-8-19(18)26-23)27-21(29)13-20(24-16(4)28)17-11-9-15(3)10-12-17/h5-12,14,20,22H,13H2,1-4H3,(H,24,28)(H,25,26)(H,27,29)/t20-,22+/m1/s1. The van der Waals surface area contributed by atoms with E-state index < -0.39 is 0 Å². The number of fused-ring (bicyclic) bond motifs is 1. The number of hydrogen-bond donors (Lipinski definition) is 3. The second kappa shape index (κ2) is 8.90. The highest BCUT2D eigenvalue weighted by Crippen LogP contribution is 2.24. The van der Waals surface area contributed by atoms with Crippen molar-refractivity contribution in [3.63, 3.8) is 0 Å². The Morgan fingerprint density at radius 3 is 2.34 bits per heavy atom. The second-order valence-electron chi connectivity index (χ2n) is 7.80. The van der Waals surface area contributed by atoms with Gasteiger partial charge in [-0.15, -0.1) is 0 Å². The van der Waals surface area contributed by atoms with Crippen molar-refractivity contribution in [1.82, 2.24) is 20.6 Å². The molecule has 2 amide bonds. The Bertz CT molecular complexity index is 959. The van der Waals surface area contributed by atoms with E-state index in [2.05, 4.69) is 20.6 Å². The number of carbonyl (C=O) groups excluding carboxylic acids is 2. The first-order valence-corrected chi connectivity index (χ1v) is 9.91. The Morgan fingerprint density at radius 2 is 1.72 bits per heavy atom. The molecule has 0 aliphatic carbocycles. The van der Waals surface area contributed by atoms with E-state index in [1.807, 2.05) is 69.3 Å². The molecule has 0 saturated carbocycles. The molecule has 6 heteroatoms. The van der Waals surface area contributed by atoms with E-state index in [9.17, 15) is 9.59 Å². The molecule has 0 unspecified atom stereocenters. The van der Waals surface area contributed by atoms with E-state index in [0.717, 1.165) is 28.0 Å². The average molecular weight is 393 g/mol. The first-order chi connectivity index (χ1) is 13.8. The highest BCUT2D eigenvalue weighted by atomic mass is 16.2. The van der Waals surface area contributed by atoms with Gasteiger partial charge in [-0.05, 0) is 30.5 Å². The van der Waals surface area contributed by atoms with Crippen molar-refractivity contribution in [2.45, 2.75) is 46.2 Å². The molecule has 0 spiro atoms. The summed E-state index contributed by atoms with van der Waals surface area (Å²) < 4.78 is 0. The molecule has 0 aliphatic rings. The third-order valence-electron chi connectivity index (χ3n) is 4.93. The van der Waals surface area contributed by atoms with Crippen LogP contribution in [0.3, 0.4) is 0 Å². The number of nitrogens with one attached hydrogen (secondary N) is 3. The normalized spacial score (nSPS) is 13.3. The number of carbonyl (C=O) groups is 2. The van der Waals surface area contributed by atoms with Gasteiger partial charge in [0.25, 0.3) is 0 Å². The van der Waals surface area contributed by atoms with Gasteiger partial charge in [-0.3, -0.25) is 9.59 Å². The van der Waals surface area contributed by atoms with Gasteiger partial charge in [-0.2, -0.15) is 0 Å². The van der Waals surface area contributed by atoms with Crippen molar-refractivity contribution in [2.24, 2.45) is 5.92 Å². The Morgan fingerprint density at radius 1 is 1.03 bits per heavy atom. The highest BCUT2D eigenvalue weighted by Gasteiger charge is 2.24. The topological polar surface area (TPSA) is 86.9 Å².